The van der Waals surface area contributed by atoms with Crippen molar-refractivity contribution in [2.75, 3.05) is 66.6 Å². The summed E-state index contributed by atoms with van der Waals surface area (Å²) in [7, 11) is 7.35. The molecule has 1 aliphatic rings. The van der Waals surface area contributed by atoms with Gasteiger partial charge in [-0.3, -0.25) is 14.5 Å². The number of aromatic hydroxyl groups is 1. The van der Waals surface area contributed by atoms with Crippen LogP contribution in [0.1, 0.15) is 29.4 Å². The molecule has 1 aromatic heterocycles. The fourth-order valence-corrected chi connectivity index (χ4v) is 4.96. The van der Waals surface area contributed by atoms with Gasteiger partial charge in [0.1, 0.15) is 11.5 Å². The van der Waals surface area contributed by atoms with E-state index in [4.69, 9.17) is 28.1 Å². The number of esters is 1. The second-order valence-electron chi connectivity index (χ2n) is 9.54. The number of ether oxygens (including phenoxy) is 5. The van der Waals surface area contributed by atoms with Crippen LogP contribution in [0.3, 0.4) is 0 Å². The van der Waals surface area contributed by atoms with Crippen LogP contribution >= 0.6 is 0 Å². The van der Waals surface area contributed by atoms with Crippen molar-refractivity contribution in [3.8, 4) is 28.7 Å². The molecule has 0 amide bonds. The summed E-state index contributed by atoms with van der Waals surface area (Å²) in [4.78, 5) is 29.8. The molecule has 11 nitrogen and oxygen atoms in total. The number of carbonyl (C=O) groups excluding carboxylic acids is 1. The summed E-state index contributed by atoms with van der Waals surface area (Å²) in [6.45, 7) is 3.42. The van der Waals surface area contributed by atoms with Crippen molar-refractivity contribution in [2.24, 2.45) is 0 Å². The normalized spacial score (nSPS) is 14.3. The predicted molar refractivity (Wildman–Crippen MR) is 152 cm³/mol. The van der Waals surface area contributed by atoms with Crippen LogP contribution in [0.4, 0.5) is 5.69 Å². The van der Waals surface area contributed by atoms with Gasteiger partial charge in [0.05, 0.1) is 54.4 Å². The standard InChI is InChI=1S/C30H36N2O9/c1-36-21-8-6-20(7-9-21)32-12-10-31(11-13-32)18-22-16-24(33)28(35)29(41-22)23(17-27(34)39-4)19-14-25(37-2)30(40-5)26(15-19)38-3/h6-9,14-16,23,35H,10-13,17-18H2,1-5H3. The minimum atomic E-state index is -0.865. The number of rotatable bonds is 11. The van der Waals surface area contributed by atoms with E-state index in [0.717, 1.165) is 37.6 Å². The number of hydrogen-bond acceptors (Lipinski definition) is 11. The quantitative estimate of drug-likeness (QED) is 0.343. The van der Waals surface area contributed by atoms with Crippen molar-refractivity contribution in [3.05, 3.63) is 69.8 Å². The summed E-state index contributed by atoms with van der Waals surface area (Å²) in [6.07, 6.45) is -0.199. The predicted octanol–water partition coefficient (Wildman–Crippen LogP) is 3.40. The first-order valence-electron chi connectivity index (χ1n) is 13.2. The zero-order valence-corrected chi connectivity index (χ0v) is 24.0. The molecule has 3 aromatic rings. The number of piperazine rings is 1. The van der Waals surface area contributed by atoms with E-state index >= 15 is 0 Å². The van der Waals surface area contributed by atoms with Crippen LogP contribution in [0.5, 0.6) is 28.7 Å². The Morgan fingerprint density at radius 3 is 2.07 bits per heavy atom. The van der Waals surface area contributed by atoms with E-state index in [1.165, 1.54) is 34.5 Å². The fourth-order valence-electron chi connectivity index (χ4n) is 4.96. The molecule has 220 valence electrons. The highest BCUT2D eigenvalue weighted by atomic mass is 16.5. The molecule has 1 saturated heterocycles. The summed E-state index contributed by atoms with van der Waals surface area (Å²) in [5, 5.41) is 10.8. The Balaban J connectivity index is 1.61. The molecule has 4 rings (SSSR count). The first kappa shape index (κ1) is 29.6. The van der Waals surface area contributed by atoms with Crippen molar-refractivity contribution in [1.29, 1.82) is 0 Å². The maximum atomic E-state index is 12.9. The zero-order valence-electron chi connectivity index (χ0n) is 24.0. The minimum Gasteiger partial charge on any atom is -0.502 e. The van der Waals surface area contributed by atoms with E-state index in [9.17, 15) is 14.7 Å². The van der Waals surface area contributed by atoms with Gasteiger partial charge in [0.15, 0.2) is 17.3 Å². The lowest BCUT2D eigenvalue weighted by atomic mass is 9.91. The highest BCUT2D eigenvalue weighted by Crippen LogP contribution is 2.43. The molecule has 1 aliphatic heterocycles. The number of nitrogens with zero attached hydrogens (tertiary/aromatic N) is 2. The van der Waals surface area contributed by atoms with Gasteiger partial charge in [0, 0.05) is 37.9 Å². The number of carbonyl (C=O) groups is 1. The van der Waals surface area contributed by atoms with Crippen molar-refractivity contribution in [1.82, 2.24) is 4.90 Å². The topological polar surface area (TPSA) is 120 Å². The second-order valence-corrected chi connectivity index (χ2v) is 9.54. The average Bonchev–Trinajstić information content (AvgIpc) is 3.01. The highest BCUT2D eigenvalue weighted by molar-refractivity contribution is 5.71. The van der Waals surface area contributed by atoms with E-state index in [-0.39, 0.29) is 12.2 Å². The van der Waals surface area contributed by atoms with Gasteiger partial charge < -0.3 is 38.1 Å². The summed E-state index contributed by atoms with van der Waals surface area (Å²) < 4.78 is 32.7. The van der Waals surface area contributed by atoms with Crippen LogP contribution in [0, 0.1) is 0 Å². The third kappa shape index (κ3) is 6.68. The Bertz CT molecular complexity index is 1370. The first-order chi connectivity index (χ1) is 19.8. The smallest absolute Gasteiger partial charge is 0.306 e. The second kappa shape index (κ2) is 13.3. The molecule has 0 radical (unpaired) electrons. The van der Waals surface area contributed by atoms with Gasteiger partial charge in [-0.2, -0.15) is 0 Å². The first-order valence-corrected chi connectivity index (χ1v) is 13.2. The van der Waals surface area contributed by atoms with Crippen molar-refractivity contribution in [2.45, 2.75) is 18.9 Å². The van der Waals surface area contributed by atoms with Crippen molar-refractivity contribution < 1.29 is 38.0 Å². The zero-order chi connectivity index (χ0) is 29.5. The average molecular weight is 569 g/mol. The van der Waals surface area contributed by atoms with Crippen LogP contribution in [0.25, 0.3) is 0 Å². The van der Waals surface area contributed by atoms with E-state index < -0.39 is 23.1 Å². The van der Waals surface area contributed by atoms with Gasteiger partial charge in [-0.05, 0) is 42.0 Å². The number of benzene rings is 2. The number of anilines is 1. The van der Waals surface area contributed by atoms with Crippen molar-refractivity contribution >= 4 is 11.7 Å². The van der Waals surface area contributed by atoms with Gasteiger partial charge in [0.25, 0.3) is 0 Å². The van der Waals surface area contributed by atoms with Crippen LogP contribution in [0.2, 0.25) is 0 Å². The Labute approximate surface area is 238 Å². The largest absolute Gasteiger partial charge is 0.502 e. The Kier molecular flexibility index (Phi) is 9.61. The van der Waals surface area contributed by atoms with Gasteiger partial charge >= 0.3 is 5.97 Å². The summed E-state index contributed by atoms with van der Waals surface area (Å²) in [5.41, 5.74) is 1.02. The third-order valence-electron chi connectivity index (χ3n) is 7.19. The lowest BCUT2D eigenvalue weighted by Crippen LogP contribution is -2.46. The van der Waals surface area contributed by atoms with Crippen molar-refractivity contribution in [3.63, 3.8) is 0 Å². The van der Waals surface area contributed by atoms with Crippen LogP contribution in [0.15, 0.2) is 51.7 Å². The summed E-state index contributed by atoms with van der Waals surface area (Å²) >= 11 is 0. The number of hydrogen-bond donors (Lipinski definition) is 1. The fraction of sp³-hybridized carbons (Fsp3) is 0.400. The Morgan fingerprint density at radius 2 is 1.54 bits per heavy atom. The molecule has 0 aliphatic carbocycles. The molecular weight excluding hydrogens is 532 g/mol. The molecular formula is C30H36N2O9. The molecule has 2 aromatic carbocycles. The van der Waals surface area contributed by atoms with E-state index in [2.05, 4.69) is 9.80 Å². The molecule has 1 N–H and O–H groups in total. The molecule has 11 heteroatoms. The molecule has 41 heavy (non-hydrogen) atoms. The minimum absolute atomic E-state index is 0.0379. The monoisotopic (exact) mass is 568 g/mol. The van der Waals surface area contributed by atoms with Gasteiger partial charge in [-0.15, -0.1) is 0 Å². The lowest BCUT2D eigenvalue weighted by Gasteiger charge is -2.36. The number of methoxy groups -OCH3 is 5. The molecule has 0 bridgehead atoms. The SMILES string of the molecule is COC(=O)CC(c1cc(OC)c(OC)c(OC)c1)c1oc(CN2CCN(c3ccc(OC)cc3)CC2)cc(=O)c1O. The van der Waals surface area contributed by atoms with E-state index in [0.29, 0.717) is 35.1 Å². The molecule has 0 saturated carbocycles. The molecule has 0 spiro atoms. The Morgan fingerprint density at radius 1 is 0.902 bits per heavy atom. The summed E-state index contributed by atoms with van der Waals surface area (Å²) in [6, 6.07) is 12.5. The van der Waals surface area contributed by atoms with Crippen LogP contribution < -0.4 is 29.3 Å². The molecule has 1 fully saturated rings. The molecule has 1 unspecified atom stereocenters. The Hall–Kier alpha value is -4.38. The maximum absolute atomic E-state index is 12.9. The van der Waals surface area contributed by atoms with E-state index in [1.807, 2.05) is 24.3 Å². The lowest BCUT2D eigenvalue weighted by molar-refractivity contribution is -0.140. The van der Waals surface area contributed by atoms with Gasteiger partial charge in [-0.1, -0.05) is 0 Å². The van der Waals surface area contributed by atoms with Gasteiger partial charge in [-0.25, -0.2) is 0 Å². The summed E-state index contributed by atoms with van der Waals surface area (Å²) in [5.74, 6) is 0.231. The van der Waals surface area contributed by atoms with Gasteiger partial charge in [0.2, 0.25) is 16.9 Å². The van der Waals surface area contributed by atoms with Crippen LogP contribution in [-0.2, 0) is 16.1 Å². The highest BCUT2D eigenvalue weighted by Gasteiger charge is 2.29. The van der Waals surface area contributed by atoms with Crippen LogP contribution in [-0.4, -0.2) is 77.7 Å². The van der Waals surface area contributed by atoms with E-state index in [1.54, 1.807) is 19.2 Å². The molecule has 1 atom stereocenters. The molecule has 2 heterocycles. The third-order valence-corrected chi connectivity index (χ3v) is 7.19. The maximum Gasteiger partial charge on any atom is 0.306 e.